The highest BCUT2D eigenvalue weighted by Gasteiger charge is 2.14. The predicted octanol–water partition coefficient (Wildman–Crippen LogP) is 3.63. The molecule has 0 fully saturated rings. The summed E-state index contributed by atoms with van der Waals surface area (Å²) in [6.45, 7) is 8.28. The fourth-order valence-electron chi connectivity index (χ4n) is 1.57. The van der Waals surface area contributed by atoms with Crippen molar-refractivity contribution in [3.63, 3.8) is 0 Å². The van der Waals surface area contributed by atoms with E-state index in [1.807, 2.05) is 26.0 Å². The lowest BCUT2D eigenvalue weighted by molar-refractivity contribution is 0.573. The van der Waals surface area contributed by atoms with E-state index in [-0.39, 0.29) is 5.75 Å². The van der Waals surface area contributed by atoms with Crippen LogP contribution in [0, 0.1) is 5.92 Å². The molecule has 17 heavy (non-hydrogen) atoms. The van der Waals surface area contributed by atoms with Crippen LogP contribution in [0.2, 0.25) is 0 Å². The van der Waals surface area contributed by atoms with Gasteiger partial charge in [0.05, 0.1) is 10.6 Å². The second-order valence-corrected chi connectivity index (χ2v) is 7.33. The molecule has 0 amide bonds. The number of sulfone groups is 1. The van der Waals surface area contributed by atoms with Gasteiger partial charge in [0.25, 0.3) is 0 Å². The smallest absolute Gasteiger partial charge is 0.178 e. The van der Waals surface area contributed by atoms with Gasteiger partial charge < -0.3 is 0 Å². The first-order chi connectivity index (χ1) is 7.83. The van der Waals surface area contributed by atoms with Crippen molar-refractivity contribution in [2.24, 2.45) is 5.92 Å². The van der Waals surface area contributed by atoms with Crippen LogP contribution in [-0.4, -0.2) is 14.2 Å². The first-order valence-corrected chi connectivity index (χ1v) is 7.81. The summed E-state index contributed by atoms with van der Waals surface area (Å²) >= 11 is 0. The van der Waals surface area contributed by atoms with E-state index in [0.29, 0.717) is 23.2 Å². The lowest BCUT2D eigenvalue weighted by Crippen LogP contribution is -2.09. The summed E-state index contributed by atoms with van der Waals surface area (Å²) in [5.74, 6) is 1.09. The molecule has 0 heterocycles. The highest BCUT2D eigenvalue weighted by Crippen LogP contribution is 2.19. The first kappa shape index (κ1) is 14.2. The van der Waals surface area contributed by atoms with Crippen LogP contribution in [0.3, 0.4) is 0 Å². The molecule has 0 aliphatic rings. The molecule has 0 bridgehead atoms. The Morgan fingerprint density at radius 1 is 1.00 bits per heavy atom. The Balaban J connectivity index is 2.85. The molecule has 0 aromatic heterocycles. The van der Waals surface area contributed by atoms with Crippen LogP contribution >= 0.6 is 0 Å². The predicted molar refractivity (Wildman–Crippen MR) is 72.0 cm³/mol. The zero-order valence-corrected chi connectivity index (χ0v) is 11.9. The van der Waals surface area contributed by atoms with Crippen LogP contribution in [0.5, 0.6) is 0 Å². The topological polar surface area (TPSA) is 34.1 Å². The minimum atomic E-state index is -3.10. The second-order valence-electron chi connectivity index (χ2n) is 5.23. The lowest BCUT2D eigenvalue weighted by Gasteiger charge is -2.09. The molecular formula is C14H22O2S. The van der Waals surface area contributed by atoms with E-state index in [2.05, 4.69) is 13.8 Å². The van der Waals surface area contributed by atoms with E-state index >= 15 is 0 Å². The summed E-state index contributed by atoms with van der Waals surface area (Å²) in [6, 6.07) is 7.27. The van der Waals surface area contributed by atoms with Gasteiger partial charge in [-0.25, -0.2) is 8.42 Å². The van der Waals surface area contributed by atoms with Crippen molar-refractivity contribution in [3.05, 3.63) is 29.8 Å². The number of benzene rings is 1. The zero-order valence-electron chi connectivity index (χ0n) is 11.1. The molecular weight excluding hydrogens is 232 g/mol. The van der Waals surface area contributed by atoms with Gasteiger partial charge in [0.2, 0.25) is 0 Å². The molecule has 0 atom stereocenters. The third-order valence-electron chi connectivity index (χ3n) is 2.87. The third kappa shape index (κ3) is 4.15. The van der Waals surface area contributed by atoms with Crippen molar-refractivity contribution >= 4 is 9.84 Å². The first-order valence-electron chi connectivity index (χ1n) is 6.15. The molecule has 0 aliphatic carbocycles. The van der Waals surface area contributed by atoms with E-state index in [9.17, 15) is 8.42 Å². The van der Waals surface area contributed by atoms with Crippen molar-refractivity contribution in [2.75, 3.05) is 5.75 Å². The molecule has 0 radical (unpaired) electrons. The molecule has 96 valence electrons. The maximum Gasteiger partial charge on any atom is 0.178 e. The maximum absolute atomic E-state index is 12.0. The highest BCUT2D eigenvalue weighted by atomic mass is 32.2. The molecule has 0 saturated heterocycles. The molecule has 0 spiro atoms. The number of rotatable bonds is 5. The largest absolute Gasteiger partial charge is 0.224 e. The maximum atomic E-state index is 12.0. The fraction of sp³-hybridized carbons (Fsp3) is 0.571. The number of hydrogen-bond donors (Lipinski definition) is 0. The highest BCUT2D eigenvalue weighted by molar-refractivity contribution is 7.91. The summed E-state index contributed by atoms with van der Waals surface area (Å²) in [7, 11) is -3.10. The fourth-order valence-corrected chi connectivity index (χ4v) is 3.14. The molecule has 0 saturated carbocycles. The van der Waals surface area contributed by atoms with Gasteiger partial charge in [-0.05, 0) is 36.0 Å². The monoisotopic (exact) mass is 254 g/mol. The molecule has 1 aromatic rings. The minimum absolute atomic E-state index is 0.242. The average Bonchev–Trinajstić information content (AvgIpc) is 2.27. The summed E-state index contributed by atoms with van der Waals surface area (Å²) in [6.07, 6.45) is 0.717. The van der Waals surface area contributed by atoms with Gasteiger partial charge in [-0.15, -0.1) is 0 Å². The van der Waals surface area contributed by atoms with Crippen molar-refractivity contribution in [1.82, 2.24) is 0 Å². The Morgan fingerprint density at radius 2 is 1.53 bits per heavy atom. The van der Waals surface area contributed by atoms with Crippen LogP contribution < -0.4 is 0 Å². The molecule has 0 N–H and O–H groups in total. The lowest BCUT2D eigenvalue weighted by atomic mass is 10.0. The standard InChI is InChI=1S/C14H22O2S/c1-11(2)9-10-17(15,16)14-7-5-13(6-8-14)12(3)4/h5-8,11-12H,9-10H2,1-4H3. The molecule has 3 heteroatoms. The summed E-state index contributed by atoms with van der Waals surface area (Å²) in [5, 5.41) is 0. The molecule has 0 aliphatic heterocycles. The molecule has 2 nitrogen and oxygen atoms in total. The SMILES string of the molecule is CC(C)CCS(=O)(=O)c1ccc(C(C)C)cc1. The van der Waals surface area contributed by atoms with Crippen molar-refractivity contribution in [3.8, 4) is 0 Å². The Labute approximate surface area is 105 Å². The summed E-state index contributed by atoms with van der Waals surface area (Å²) in [5.41, 5.74) is 1.17. The number of hydrogen-bond acceptors (Lipinski definition) is 2. The van der Waals surface area contributed by atoms with Gasteiger partial charge in [-0.1, -0.05) is 39.8 Å². The van der Waals surface area contributed by atoms with E-state index < -0.39 is 9.84 Å². The molecule has 1 rings (SSSR count). The van der Waals surface area contributed by atoms with Gasteiger partial charge in [0, 0.05) is 0 Å². The zero-order chi connectivity index (χ0) is 13.1. The Morgan fingerprint density at radius 3 is 1.94 bits per heavy atom. The van der Waals surface area contributed by atoms with Gasteiger partial charge >= 0.3 is 0 Å². The van der Waals surface area contributed by atoms with Crippen LogP contribution in [0.25, 0.3) is 0 Å². The Hall–Kier alpha value is -0.830. The van der Waals surface area contributed by atoms with Crippen LogP contribution in [0.15, 0.2) is 29.2 Å². The van der Waals surface area contributed by atoms with Gasteiger partial charge in [-0.3, -0.25) is 0 Å². The summed E-state index contributed by atoms with van der Waals surface area (Å²) < 4.78 is 24.0. The van der Waals surface area contributed by atoms with Crippen molar-refractivity contribution in [1.29, 1.82) is 0 Å². The van der Waals surface area contributed by atoms with E-state index in [4.69, 9.17) is 0 Å². The van der Waals surface area contributed by atoms with Gasteiger partial charge in [0.15, 0.2) is 9.84 Å². The molecule has 1 aromatic carbocycles. The van der Waals surface area contributed by atoms with Crippen molar-refractivity contribution in [2.45, 2.75) is 44.9 Å². The summed E-state index contributed by atoms with van der Waals surface area (Å²) in [4.78, 5) is 0.447. The Kier molecular flexibility index (Phi) is 4.75. The van der Waals surface area contributed by atoms with Gasteiger partial charge in [0.1, 0.15) is 0 Å². The normalized spacial score (nSPS) is 12.4. The quantitative estimate of drug-likeness (QED) is 0.804. The average molecular weight is 254 g/mol. The minimum Gasteiger partial charge on any atom is -0.224 e. The van der Waals surface area contributed by atoms with E-state index in [1.165, 1.54) is 5.56 Å². The van der Waals surface area contributed by atoms with Crippen LogP contribution in [0.4, 0.5) is 0 Å². The second kappa shape index (κ2) is 5.67. The van der Waals surface area contributed by atoms with Crippen LogP contribution in [0.1, 0.15) is 45.6 Å². The van der Waals surface area contributed by atoms with E-state index in [0.717, 1.165) is 0 Å². The van der Waals surface area contributed by atoms with Crippen LogP contribution in [-0.2, 0) is 9.84 Å². The Bertz CT molecular complexity index is 442. The van der Waals surface area contributed by atoms with Crippen molar-refractivity contribution < 1.29 is 8.42 Å². The van der Waals surface area contributed by atoms with Gasteiger partial charge in [-0.2, -0.15) is 0 Å². The van der Waals surface area contributed by atoms with E-state index in [1.54, 1.807) is 12.1 Å². The third-order valence-corrected chi connectivity index (χ3v) is 4.63. The molecule has 0 unspecified atom stereocenters.